The predicted molar refractivity (Wildman–Crippen MR) is 63.1 cm³/mol. The van der Waals surface area contributed by atoms with Crippen LogP contribution in [0.1, 0.15) is 5.56 Å². The Morgan fingerprint density at radius 1 is 1.35 bits per heavy atom. The summed E-state index contributed by atoms with van der Waals surface area (Å²) in [5, 5.41) is 0.118. The molecule has 0 saturated carbocycles. The van der Waals surface area contributed by atoms with Gasteiger partial charge in [0.1, 0.15) is 5.15 Å². The highest BCUT2D eigenvalue weighted by Crippen LogP contribution is 2.14. The van der Waals surface area contributed by atoms with Crippen molar-refractivity contribution in [3.8, 4) is 0 Å². The number of sulfone groups is 1. The van der Waals surface area contributed by atoms with Crippen LogP contribution in [0.5, 0.6) is 0 Å². The van der Waals surface area contributed by atoms with Crippen LogP contribution in [-0.4, -0.2) is 42.9 Å². The number of halogens is 2. The van der Waals surface area contributed by atoms with E-state index < -0.39 is 15.8 Å². The van der Waals surface area contributed by atoms with E-state index in [1.54, 1.807) is 6.07 Å². The third-order valence-electron chi connectivity index (χ3n) is 2.72. The SMILES string of the molecule is O=S1(=O)CCN(Cc2ccc(Cl)nc2F)CC1. The third-order valence-corrected chi connectivity index (χ3v) is 4.54. The summed E-state index contributed by atoms with van der Waals surface area (Å²) >= 11 is 5.55. The normalized spacial score (nSPS) is 20.4. The van der Waals surface area contributed by atoms with E-state index in [-0.39, 0.29) is 16.7 Å². The highest BCUT2D eigenvalue weighted by atomic mass is 35.5. The van der Waals surface area contributed by atoms with Crippen molar-refractivity contribution in [2.75, 3.05) is 24.6 Å². The predicted octanol–water partition coefficient (Wildman–Crippen LogP) is 1.10. The Morgan fingerprint density at radius 3 is 2.59 bits per heavy atom. The first-order valence-electron chi connectivity index (χ1n) is 5.20. The van der Waals surface area contributed by atoms with Crippen molar-refractivity contribution in [1.82, 2.24) is 9.88 Å². The summed E-state index contributed by atoms with van der Waals surface area (Å²) in [6.07, 6.45) is 0. The lowest BCUT2D eigenvalue weighted by Gasteiger charge is -2.26. The van der Waals surface area contributed by atoms with Crippen molar-refractivity contribution in [2.24, 2.45) is 0 Å². The first-order valence-corrected chi connectivity index (χ1v) is 7.40. The average molecular weight is 279 g/mol. The van der Waals surface area contributed by atoms with Crippen LogP contribution >= 0.6 is 11.6 Å². The maximum atomic E-state index is 13.4. The van der Waals surface area contributed by atoms with Gasteiger partial charge in [-0.25, -0.2) is 13.4 Å². The number of rotatable bonds is 2. The standard InChI is InChI=1S/C10H12ClFN2O2S/c11-9-2-1-8(10(12)13-9)7-14-3-5-17(15,16)6-4-14/h1-2H,3-7H2. The summed E-state index contributed by atoms with van der Waals surface area (Å²) in [7, 11) is -2.90. The maximum Gasteiger partial charge on any atom is 0.218 e. The fraction of sp³-hybridized carbons (Fsp3) is 0.500. The summed E-state index contributed by atoms with van der Waals surface area (Å²) in [6, 6.07) is 3.11. The van der Waals surface area contributed by atoms with Crippen LogP contribution in [0.15, 0.2) is 12.1 Å². The second-order valence-electron chi connectivity index (χ2n) is 4.01. The number of hydrogen-bond acceptors (Lipinski definition) is 4. The second kappa shape index (κ2) is 4.88. The molecule has 0 amide bonds. The molecule has 7 heteroatoms. The van der Waals surface area contributed by atoms with Crippen LogP contribution in [-0.2, 0) is 16.4 Å². The summed E-state index contributed by atoms with van der Waals surface area (Å²) in [4.78, 5) is 5.42. The minimum atomic E-state index is -2.90. The first-order chi connectivity index (χ1) is 7.96. The first kappa shape index (κ1) is 12.7. The molecular formula is C10H12ClFN2O2S. The molecule has 0 aliphatic carbocycles. The molecule has 0 radical (unpaired) electrons. The van der Waals surface area contributed by atoms with Gasteiger partial charge in [0.2, 0.25) is 5.95 Å². The molecule has 0 bridgehead atoms. The quantitative estimate of drug-likeness (QED) is 0.761. The molecule has 94 valence electrons. The van der Waals surface area contributed by atoms with Crippen molar-refractivity contribution in [3.05, 3.63) is 28.8 Å². The summed E-state index contributed by atoms with van der Waals surface area (Å²) in [5.74, 6) is -0.323. The molecule has 1 saturated heterocycles. The van der Waals surface area contributed by atoms with Gasteiger partial charge in [-0.2, -0.15) is 4.39 Å². The van der Waals surface area contributed by atoms with Gasteiger partial charge in [-0.05, 0) is 6.07 Å². The molecule has 17 heavy (non-hydrogen) atoms. The Kier molecular flexibility index (Phi) is 3.65. The van der Waals surface area contributed by atoms with Gasteiger partial charge in [0.25, 0.3) is 0 Å². The van der Waals surface area contributed by atoms with E-state index in [0.29, 0.717) is 25.2 Å². The van der Waals surface area contributed by atoms with Crippen LogP contribution in [0.4, 0.5) is 4.39 Å². The second-order valence-corrected chi connectivity index (χ2v) is 6.70. The minimum Gasteiger partial charge on any atom is -0.297 e. The van der Waals surface area contributed by atoms with Gasteiger partial charge in [-0.1, -0.05) is 17.7 Å². The Hall–Kier alpha value is -0.720. The summed E-state index contributed by atoms with van der Waals surface area (Å²) < 4.78 is 35.9. The van der Waals surface area contributed by atoms with Gasteiger partial charge in [0.15, 0.2) is 9.84 Å². The Morgan fingerprint density at radius 2 is 2.00 bits per heavy atom. The monoisotopic (exact) mass is 278 g/mol. The molecule has 1 aliphatic rings. The smallest absolute Gasteiger partial charge is 0.218 e. The molecule has 1 aliphatic heterocycles. The van der Waals surface area contributed by atoms with Crippen LogP contribution < -0.4 is 0 Å². The Bertz CT molecular complexity index is 507. The zero-order valence-electron chi connectivity index (χ0n) is 9.07. The molecule has 1 fully saturated rings. The van der Waals surface area contributed by atoms with Crippen molar-refractivity contribution in [3.63, 3.8) is 0 Å². The molecule has 0 atom stereocenters. The lowest BCUT2D eigenvalue weighted by atomic mass is 10.2. The van der Waals surface area contributed by atoms with Crippen LogP contribution in [0, 0.1) is 5.95 Å². The number of nitrogens with zero attached hydrogens (tertiary/aromatic N) is 2. The van der Waals surface area contributed by atoms with Gasteiger partial charge in [0.05, 0.1) is 11.5 Å². The summed E-state index contributed by atoms with van der Waals surface area (Å²) in [6.45, 7) is 1.24. The molecule has 4 nitrogen and oxygen atoms in total. The van der Waals surface area contributed by atoms with Crippen molar-refractivity contribution in [2.45, 2.75) is 6.54 Å². The molecule has 0 N–H and O–H groups in total. The van der Waals surface area contributed by atoms with Gasteiger partial charge in [-0.3, -0.25) is 4.90 Å². The van der Waals surface area contributed by atoms with Gasteiger partial charge in [-0.15, -0.1) is 0 Å². The lowest BCUT2D eigenvalue weighted by Crippen LogP contribution is -2.39. The fourth-order valence-corrected chi connectivity index (χ4v) is 3.12. The number of hydrogen-bond donors (Lipinski definition) is 0. The Labute approximate surface area is 104 Å². The fourth-order valence-electron chi connectivity index (χ4n) is 1.71. The van der Waals surface area contributed by atoms with Gasteiger partial charge < -0.3 is 0 Å². The molecule has 2 heterocycles. The molecule has 1 aromatic rings. The van der Waals surface area contributed by atoms with E-state index in [1.807, 2.05) is 4.90 Å². The summed E-state index contributed by atoms with van der Waals surface area (Å²) in [5.41, 5.74) is 0.439. The van der Waals surface area contributed by atoms with E-state index in [2.05, 4.69) is 4.98 Å². The zero-order valence-corrected chi connectivity index (χ0v) is 10.6. The van der Waals surface area contributed by atoms with Crippen molar-refractivity contribution < 1.29 is 12.8 Å². The van der Waals surface area contributed by atoms with E-state index in [0.717, 1.165) is 0 Å². The van der Waals surface area contributed by atoms with Crippen molar-refractivity contribution in [1.29, 1.82) is 0 Å². The largest absolute Gasteiger partial charge is 0.297 e. The van der Waals surface area contributed by atoms with E-state index in [9.17, 15) is 12.8 Å². The van der Waals surface area contributed by atoms with Gasteiger partial charge in [0, 0.05) is 25.2 Å². The van der Waals surface area contributed by atoms with Crippen LogP contribution in [0.25, 0.3) is 0 Å². The maximum absolute atomic E-state index is 13.4. The zero-order chi connectivity index (χ0) is 12.5. The van der Waals surface area contributed by atoms with E-state index >= 15 is 0 Å². The number of pyridine rings is 1. The molecule has 0 spiro atoms. The third kappa shape index (κ3) is 3.37. The van der Waals surface area contributed by atoms with Gasteiger partial charge >= 0.3 is 0 Å². The lowest BCUT2D eigenvalue weighted by molar-refractivity contribution is 0.282. The van der Waals surface area contributed by atoms with Crippen LogP contribution in [0.3, 0.4) is 0 Å². The number of aromatic nitrogens is 1. The molecular weight excluding hydrogens is 267 g/mol. The highest BCUT2D eigenvalue weighted by molar-refractivity contribution is 7.91. The molecule has 0 unspecified atom stereocenters. The molecule has 2 rings (SSSR count). The highest BCUT2D eigenvalue weighted by Gasteiger charge is 2.22. The Balaban J connectivity index is 2.02. The molecule has 1 aromatic heterocycles. The minimum absolute atomic E-state index is 0.118. The van der Waals surface area contributed by atoms with E-state index in [1.165, 1.54) is 6.07 Å². The van der Waals surface area contributed by atoms with E-state index in [4.69, 9.17) is 11.6 Å². The topological polar surface area (TPSA) is 50.3 Å². The van der Waals surface area contributed by atoms with Crippen molar-refractivity contribution >= 4 is 21.4 Å². The average Bonchev–Trinajstić information content (AvgIpc) is 2.25. The molecule has 0 aromatic carbocycles. The van der Waals surface area contributed by atoms with Crippen LogP contribution in [0.2, 0.25) is 5.15 Å².